The van der Waals surface area contributed by atoms with Gasteiger partial charge in [-0.15, -0.1) is 0 Å². The van der Waals surface area contributed by atoms with Crippen LogP contribution in [0.3, 0.4) is 0 Å². The first-order chi connectivity index (χ1) is 18.8. The van der Waals surface area contributed by atoms with E-state index >= 15 is 0 Å². The SMILES string of the molecule is Cc1cc(C(C)Nc2ccc(Cl)nc2C(=O)NS(C)(=O)=O)c2oc(-c3nn(C)c4ccccc34)c(C)c(=O)c2c1. The molecule has 0 radical (unpaired) electrons. The number of halogens is 1. The van der Waals surface area contributed by atoms with Crippen molar-refractivity contribution >= 4 is 55.1 Å². The number of pyridine rings is 1. The first-order valence-corrected chi connectivity index (χ1v) is 14.6. The molecule has 0 saturated heterocycles. The van der Waals surface area contributed by atoms with Gasteiger partial charge in [-0.25, -0.2) is 18.1 Å². The number of aryl methyl sites for hydroxylation is 2. The Morgan fingerprint density at radius 2 is 1.82 bits per heavy atom. The third kappa shape index (κ3) is 5.05. The fraction of sp³-hybridized carbons (Fsp3) is 0.214. The molecule has 40 heavy (non-hydrogen) atoms. The second-order valence-electron chi connectivity index (χ2n) is 9.71. The molecule has 3 aromatic heterocycles. The molecule has 1 unspecified atom stereocenters. The third-order valence-corrected chi connectivity index (χ3v) is 7.32. The van der Waals surface area contributed by atoms with Crippen LogP contribution in [0.4, 0.5) is 5.69 Å². The van der Waals surface area contributed by atoms with Gasteiger partial charge < -0.3 is 9.73 Å². The molecule has 5 aromatic rings. The second-order valence-corrected chi connectivity index (χ2v) is 11.8. The van der Waals surface area contributed by atoms with E-state index in [1.807, 2.05) is 55.9 Å². The molecule has 2 aromatic carbocycles. The van der Waals surface area contributed by atoms with Crippen molar-refractivity contribution in [2.75, 3.05) is 11.6 Å². The van der Waals surface area contributed by atoms with Gasteiger partial charge in [0.25, 0.3) is 5.91 Å². The molecule has 12 heteroatoms. The number of rotatable bonds is 6. The number of para-hydroxylation sites is 1. The number of carbonyl (C=O) groups excluding carboxylic acids is 1. The van der Waals surface area contributed by atoms with Gasteiger partial charge in [0.15, 0.2) is 16.9 Å². The standard InChI is InChI=1S/C28H26ClN5O5S/c1-14-12-18(16(3)30-20-10-11-22(29)31-24(20)28(36)33-40(5,37)38)27-19(13-14)25(35)15(2)26(39-27)23-17-8-6-7-9-21(17)34(4)32-23/h6-13,16,30H,1-5H3,(H,33,36). The van der Waals surface area contributed by atoms with E-state index in [0.29, 0.717) is 33.6 Å². The van der Waals surface area contributed by atoms with Crippen molar-refractivity contribution in [2.45, 2.75) is 26.8 Å². The summed E-state index contributed by atoms with van der Waals surface area (Å²) < 4.78 is 33.5. The molecular weight excluding hydrogens is 554 g/mol. The van der Waals surface area contributed by atoms with E-state index < -0.39 is 22.0 Å². The summed E-state index contributed by atoms with van der Waals surface area (Å²) in [5.41, 5.74) is 3.63. The van der Waals surface area contributed by atoms with E-state index in [4.69, 9.17) is 16.0 Å². The van der Waals surface area contributed by atoms with Gasteiger partial charge in [0, 0.05) is 23.6 Å². The molecule has 0 spiro atoms. The maximum absolute atomic E-state index is 13.6. The topological polar surface area (TPSA) is 136 Å². The molecule has 0 bridgehead atoms. The molecule has 0 aliphatic rings. The van der Waals surface area contributed by atoms with E-state index in [2.05, 4.69) is 15.4 Å². The average molecular weight is 580 g/mol. The lowest BCUT2D eigenvalue weighted by Crippen LogP contribution is -2.31. The van der Waals surface area contributed by atoms with Crippen molar-refractivity contribution in [2.24, 2.45) is 7.05 Å². The molecule has 3 heterocycles. The molecule has 206 valence electrons. The number of fused-ring (bicyclic) bond motifs is 2. The Balaban J connectivity index is 1.66. The van der Waals surface area contributed by atoms with Crippen LogP contribution in [0.2, 0.25) is 5.15 Å². The first kappa shape index (κ1) is 27.4. The van der Waals surface area contributed by atoms with Crippen LogP contribution < -0.4 is 15.5 Å². The number of benzene rings is 2. The zero-order valence-electron chi connectivity index (χ0n) is 22.4. The van der Waals surface area contributed by atoms with Crippen molar-refractivity contribution in [3.8, 4) is 11.5 Å². The van der Waals surface area contributed by atoms with Crippen molar-refractivity contribution < 1.29 is 17.6 Å². The molecule has 0 aliphatic heterocycles. The molecule has 5 rings (SSSR count). The Morgan fingerprint density at radius 3 is 2.55 bits per heavy atom. The predicted molar refractivity (Wildman–Crippen MR) is 155 cm³/mol. The third-order valence-electron chi connectivity index (χ3n) is 6.56. The Morgan fingerprint density at radius 1 is 1.10 bits per heavy atom. The highest BCUT2D eigenvalue weighted by atomic mass is 35.5. The number of amides is 1. The number of nitrogens with zero attached hydrogens (tertiary/aromatic N) is 3. The highest BCUT2D eigenvalue weighted by Gasteiger charge is 2.24. The van der Waals surface area contributed by atoms with Crippen LogP contribution >= 0.6 is 11.6 Å². The Kier molecular flexibility index (Phi) is 6.89. The minimum Gasteiger partial charge on any atom is -0.453 e. The van der Waals surface area contributed by atoms with E-state index in [1.54, 1.807) is 17.7 Å². The van der Waals surface area contributed by atoms with Gasteiger partial charge in [0.05, 0.1) is 28.9 Å². The van der Waals surface area contributed by atoms with Crippen LogP contribution in [-0.2, 0) is 17.1 Å². The van der Waals surface area contributed by atoms with Gasteiger partial charge in [-0.1, -0.05) is 35.9 Å². The summed E-state index contributed by atoms with van der Waals surface area (Å²) in [7, 11) is -2.01. The number of hydrogen-bond donors (Lipinski definition) is 2. The van der Waals surface area contributed by atoms with Gasteiger partial charge in [0.2, 0.25) is 10.0 Å². The first-order valence-electron chi connectivity index (χ1n) is 12.3. The molecule has 0 fully saturated rings. The minimum atomic E-state index is -3.84. The second kappa shape index (κ2) is 10.1. The zero-order valence-corrected chi connectivity index (χ0v) is 23.9. The van der Waals surface area contributed by atoms with Crippen LogP contribution in [0.15, 0.2) is 57.7 Å². The monoisotopic (exact) mass is 579 g/mol. The number of aromatic nitrogens is 3. The van der Waals surface area contributed by atoms with Gasteiger partial charge in [0.1, 0.15) is 16.4 Å². The lowest BCUT2D eigenvalue weighted by atomic mass is 9.99. The molecule has 1 atom stereocenters. The molecule has 0 saturated carbocycles. The number of carbonyl (C=O) groups is 1. The summed E-state index contributed by atoms with van der Waals surface area (Å²) in [6, 6.07) is 13.9. The van der Waals surface area contributed by atoms with Gasteiger partial charge in [-0.05, 0) is 50.6 Å². The van der Waals surface area contributed by atoms with Crippen LogP contribution in [0.5, 0.6) is 0 Å². The molecule has 1 amide bonds. The number of nitrogens with one attached hydrogen (secondary N) is 2. The van der Waals surface area contributed by atoms with Crippen LogP contribution in [-0.4, -0.2) is 35.3 Å². The minimum absolute atomic E-state index is 0.0200. The lowest BCUT2D eigenvalue weighted by Gasteiger charge is -2.20. The van der Waals surface area contributed by atoms with Crippen LogP contribution in [0, 0.1) is 13.8 Å². The number of sulfonamides is 1. The number of hydrogen-bond acceptors (Lipinski definition) is 8. The summed E-state index contributed by atoms with van der Waals surface area (Å²) in [5.74, 6) is -0.562. The Labute approximate surface area is 235 Å². The summed E-state index contributed by atoms with van der Waals surface area (Å²) in [6.07, 6.45) is 0.871. The van der Waals surface area contributed by atoms with Gasteiger partial charge in [-0.3, -0.25) is 14.3 Å². The van der Waals surface area contributed by atoms with E-state index in [9.17, 15) is 18.0 Å². The van der Waals surface area contributed by atoms with E-state index in [-0.39, 0.29) is 22.0 Å². The summed E-state index contributed by atoms with van der Waals surface area (Å²) in [6.45, 7) is 5.43. The maximum atomic E-state index is 13.6. The fourth-order valence-corrected chi connectivity index (χ4v) is 5.33. The molecule has 0 aliphatic carbocycles. The molecule has 2 N–H and O–H groups in total. The van der Waals surface area contributed by atoms with Crippen LogP contribution in [0.25, 0.3) is 33.3 Å². The van der Waals surface area contributed by atoms with Crippen molar-refractivity contribution in [1.82, 2.24) is 19.5 Å². The van der Waals surface area contributed by atoms with Gasteiger partial charge in [-0.2, -0.15) is 5.10 Å². The van der Waals surface area contributed by atoms with Gasteiger partial charge >= 0.3 is 0 Å². The Hall–Kier alpha value is -4.22. The Bertz CT molecular complexity index is 2000. The highest BCUT2D eigenvalue weighted by Crippen LogP contribution is 2.34. The number of anilines is 1. The summed E-state index contributed by atoms with van der Waals surface area (Å²) >= 11 is 6.01. The normalized spacial score (nSPS) is 12.6. The lowest BCUT2D eigenvalue weighted by molar-refractivity contribution is 0.0977. The molecular formula is C28H26ClN5O5S. The molecule has 10 nitrogen and oxygen atoms in total. The fourth-order valence-electron chi connectivity index (χ4n) is 4.75. The van der Waals surface area contributed by atoms with E-state index in [0.717, 1.165) is 22.7 Å². The maximum Gasteiger partial charge on any atom is 0.285 e. The van der Waals surface area contributed by atoms with Crippen molar-refractivity contribution in [3.05, 3.63) is 86.3 Å². The predicted octanol–water partition coefficient (Wildman–Crippen LogP) is 4.87. The largest absolute Gasteiger partial charge is 0.453 e. The highest BCUT2D eigenvalue weighted by molar-refractivity contribution is 7.89. The average Bonchev–Trinajstić information content (AvgIpc) is 3.22. The smallest absolute Gasteiger partial charge is 0.285 e. The summed E-state index contributed by atoms with van der Waals surface area (Å²) in [5, 5.41) is 9.14. The summed E-state index contributed by atoms with van der Waals surface area (Å²) in [4.78, 5) is 30.3. The van der Waals surface area contributed by atoms with Crippen molar-refractivity contribution in [1.29, 1.82) is 0 Å². The van der Waals surface area contributed by atoms with Crippen LogP contribution in [0.1, 0.15) is 40.1 Å². The van der Waals surface area contributed by atoms with Crippen molar-refractivity contribution in [3.63, 3.8) is 0 Å². The van der Waals surface area contributed by atoms with E-state index in [1.165, 1.54) is 12.1 Å². The zero-order chi connectivity index (χ0) is 28.9. The quantitative estimate of drug-likeness (QED) is 0.272.